The molecule has 2 aliphatic heterocycles. The quantitative estimate of drug-likeness (QED) is 0.533. The second kappa shape index (κ2) is 2.73. The van der Waals surface area contributed by atoms with Crippen molar-refractivity contribution in [1.82, 2.24) is 15.0 Å². The van der Waals surface area contributed by atoms with E-state index in [1.165, 1.54) is 0 Å². The summed E-state index contributed by atoms with van der Waals surface area (Å²) in [5, 5.41) is 0. The summed E-state index contributed by atoms with van der Waals surface area (Å²) < 4.78 is 0. The first-order valence-corrected chi connectivity index (χ1v) is 4.40. The molecule has 2 aliphatic rings. The molecule has 1 aromatic rings. The molecule has 0 aliphatic carbocycles. The Morgan fingerprint density at radius 3 is 2.57 bits per heavy atom. The Morgan fingerprint density at radius 2 is 1.64 bits per heavy atom. The van der Waals surface area contributed by atoms with Crippen molar-refractivity contribution >= 4 is 11.0 Å². The van der Waals surface area contributed by atoms with Gasteiger partial charge in [-0.3, -0.25) is 9.97 Å². The minimum Gasteiger partial charge on any atom is -0.253 e. The lowest BCUT2D eigenvalue weighted by Crippen LogP contribution is -1.74. The molecule has 14 heavy (non-hydrogen) atoms. The van der Waals surface area contributed by atoms with E-state index in [1.807, 2.05) is 30.3 Å². The van der Waals surface area contributed by atoms with Crippen molar-refractivity contribution in [2.75, 3.05) is 0 Å². The van der Waals surface area contributed by atoms with Crippen LogP contribution in [-0.2, 0) is 0 Å². The number of aromatic nitrogens is 3. The summed E-state index contributed by atoms with van der Waals surface area (Å²) >= 11 is 0. The van der Waals surface area contributed by atoms with E-state index in [2.05, 4.69) is 15.0 Å². The van der Waals surface area contributed by atoms with Crippen molar-refractivity contribution < 1.29 is 0 Å². The molecule has 0 bridgehead atoms. The Balaban J connectivity index is 2.48. The standard InChI is InChI=1S/C11H7N3/c1-2-4-9-8(3-1)13-7-11-10(14-9)5-6-12-11/h1-7H. The van der Waals surface area contributed by atoms with E-state index in [0.717, 1.165) is 22.4 Å². The maximum atomic E-state index is 4.48. The second-order valence-electron chi connectivity index (χ2n) is 3.07. The Bertz CT molecular complexity index is 562. The molecule has 3 heteroatoms. The third-order valence-corrected chi connectivity index (χ3v) is 2.16. The summed E-state index contributed by atoms with van der Waals surface area (Å²) in [7, 11) is 0. The highest BCUT2D eigenvalue weighted by atomic mass is 14.8. The predicted molar refractivity (Wildman–Crippen MR) is 54.0 cm³/mol. The average molecular weight is 181 g/mol. The maximum Gasteiger partial charge on any atom is 0.107 e. The molecule has 0 aromatic heterocycles. The van der Waals surface area contributed by atoms with Gasteiger partial charge in [0.15, 0.2) is 0 Å². The smallest absolute Gasteiger partial charge is 0.107 e. The van der Waals surface area contributed by atoms with Crippen LogP contribution in [0.15, 0.2) is 42.7 Å². The number of fused-ring (bicyclic) bond motifs is 2. The van der Waals surface area contributed by atoms with Gasteiger partial charge in [-0.25, -0.2) is 4.98 Å². The van der Waals surface area contributed by atoms with E-state index < -0.39 is 0 Å². The van der Waals surface area contributed by atoms with E-state index in [9.17, 15) is 0 Å². The van der Waals surface area contributed by atoms with Gasteiger partial charge in [-0.05, 0) is 18.2 Å². The first-order chi connectivity index (χ1) is 6.93. The Hall–Kier alpha value is -2.03. The van der Waals surface area contributed by atoms with Crippen molar-refractivity contribution in [2.24, 2.45) is 0 Å². The largest absolute Gasteiger partial charge is 0.253 e. The van der Waals surface area contributed by atoms with E-state index >= 15 is 0 Å². The molecule has 66 valence electrons. The van der Waals surface area contributed by atoms with Gasteiger partial charge in [0, 0.05) is 6.20 Å². The topological polar surface area (TPSA) is 38.7 Å². The fourth-order valence-corrected chi connectivity index (χ4v) is 1.46. The first kappa shape index (κ1) is 7.38. The predicted octanol–water partition coefficient (Wildman–Crippen LogP) is 2.13. The van der Waals surface area contributed by atoms with Crippen LogP contribution >= 0.6 is 0 Å². The van der Waals surface area contributed by atoms with E-state index in [4.69, 9.17) is 0 Å². The number of rotatable bonds is 0. The number of benzene rings is 1. The van der Waals surface area contributed by atoms with Crippen LogP contribution in [0, 0.1) is 0 Å². The van der Waals surface area contributed by atoms with Crippen LogP contribution in [0.4, 0.5) is 0 Å². The van der Waals surface area contributed by atoms with Gasteiger partial charge in [-0.15, -0.1) is 0 Å². The van der Waals surface area contributed by atoms with Crippen molar-refractivity contribution in [2.45, 2.75) is 0 Å². The molecular weight excluding hydrogens is 174 g/mol. The molecule has 0 amide bonds. The monoisotopic (exact) mass is 181 g/mol. The van der Waals surface area contributed by atoms with Gasteiger partial charge in [0.05, 0.1) is 22.9 Å². The Morgan fingerprint density at radius 1 is 0.786 bits per heavy atom. The third kappa shape index (κ3) is 1.03. The van der Waals surface area contributed by atoms with E-state index in [0.29, 0.717) is 0 Å². The highest BCUT2D eigenvalue weighted by molar-refractivity contribution is 5.76. The summed E-state index contributed by atoms with van der Waals surface area (Å²) in [5.41, 5.74) is 3.51. The van der Waals surface area contributed by atoms with Gasteiger partial charge in [-0.2, -0.15) is 0 Å². The zero-order chi connectivity index (χ0) is 9.38. The summed E-state index contributed by atoms with van der Waals surface area (Å²) in [4.78, 5) is 13.0. The zero-order valence-corrected chi connectivity index (χ0v) is 7.38. The van der Waals surface area contributed by atoms with E-state index in [-0.39, 0.29) is 0 Å². The van der Waals surface area contributed by atoms with Crippen LogP contribution in [0.25, 0.3) is 22.4 Å². The fourth-order valence-electron chi connectivity index (χ4n) is 1.46. The van der Waals surface area contributed by atoms with Crippen LogP contribution in [0.2, 0.25) is 0 Å². The van der Waals surface area contributed by atoms with Crippen LogP contribution in [0.1, 0.15) is 0 Å². The lowest BCUT2D eigenvalue weighted by atomic mass is 10.3. The molecule has 0 spiro atoms. The van der Waals surface area contributed by atoms with Crippen LogP contribution in [-0.4, -0.2) is 15.0 Å². The van der Waals surface area contributed by atoms with E-state index in [1.54, 1.807) is 12.4 Å². The maximum absolute atomic E-state index is 4.48. The highest BCUT2D eigenvalue weighted by Gasteiger charge is 2.03. The lowest BCUT2D eigenvalue weighted by molar-refractivity contribution is 1.34. The number of hydrogen-bond donors (Lipinski definition) is 0. The van der Waals surface area contributed by atoms with Gasteiger partial charge in [0.1, 0.15) is 5.69 Å². The van der Waals surface area contributed by atoms with Crippen LogP contribution < -0.4 is 0 Å². The van der Waals surface area contributed by atoms with Gasteiger partial charge in [0.2, 0.25) is 0 Å². The van der Waals surface area contributed by atoms with Crippen LogP contribution in [0.3, 0.4) is 0 Å². The molecule has 0 fully saturated rings. The van der Waals surface area contributed by atoms with Gasteiger partial charge >= 0.3 is 0 Å². The molecule has 0 N–H and O–H groups in total. The SMILES string of the molecule is c1ccc2nc3ccnc-3cnc2c1. The summed E-state index contributed by atoms with van der Waals surface area (Å²) in [5.74, 6) is 0. The molecule has 0 saturated carbocycles. The number of nitrogens with zero attached hydrogens (tertiary/aromatic N) is 3. The minimum atomic E-state index is 0.834. The molecule has 3 rings (SSSR count). The second-order valence-corrected chi connectivity index (χ2v) is 3.07. The van der Waals surface area contributed by atoms with Crippen molar-refractivity contribution in [3.8, 4) is 11.4 Å². The highest BCUT2D eigenvalue weighted by Crippen LogP contribution is 2.17. The van der Waals surface area contributed by atoms with Crippen molar-refractivity contribution in [3.05, 3.63) is 42.7 Å². The lowest BCUT2D eigenvalue weighted by Gasteiger charge is -1.87. The minimum absolute atomic E-state index is 0.834. The average Bonchev–Trinajstić information content (AvgIpc) is 2.58. The first-order valence-electron chi connectivity index (χ1n) is 4.40. The molecule has 0 radical (unpaired) electrons. The van der Waals surface area contributed by atoms with Gasteiger partial charge < -0.3 is 0 Å². The molecule has 2 heterocycles. The molecule has 0 atom stereocenters. The summed E-state index contributed by atoms with van der Waals surface area (Å²) in [6, 6.07) is 9.70. The number of para-hydroxylation sites is 2. The molecule has 1 aromatic carbocycles. The number of hydrogen-bond acceptors (Lipinski definition) is 3. The Labute approximate surface area is 80.8 Å². The Kier molecular flexibility index (Phi) is 1.44. The molecule has 0 saturated heterocycles. The molecule has 0 unspecified atom stereocenters. The molecule has 3 nitrogen and oxygen atoms in total. The fraction of sp³-hybridized carbons (Fsp3) is 0. The molecular formula is C11H7N3. The zero-order valence-electron chi connectivity index (χ0n) is 7.38. The van der Waals surface area contributed by atoms with Crippen molar-refractivity contribution in [1.29, 1.82) is 0 Å². The van der Waals surface area contributed by atoms with Gasteiger partial charge in [-0.1, -0.05) is 12.1 Å². The third-order valence-electron chi connectivity index (χ3n) is 2.16. The van der Waals surface area contributed by atoms with Gasteiger partial charge in [0.25, 0.3) is 0 Å². The van der Waals surface area contributed by atoms with Crippen LogP contribution in [0.5, 0.6) is 0 Å². The summed E-state index contributed by atoms with van der Waals surface area (Å²) in [6.07, 6.45) is 3.50. The van der Waals surface area contributed by atoms with Crippen molar-refractivity contribution in [3.63, 3.8) is 0 Å². The summed E-state index contributed by atoms with van der Waals surface area (Å²) in [6.45, 7) is 0. The normalized spacial score (nSPS) is 10.9.